The van der Waals surface area contributed by atoms with Crippen LogP contribution in [-0.4, -0.2) is 49.3 Å². The van der Waals surface area contributed by atoms with Crippen molar-refractivity contribution in [3.63, 3.8) is 0 Å². The Balaban J connectivity index is 4.04. The summed E-state index contributed by atoms with van der Waals surface area (Å²) < 4.78 is 33.1. The topological polar surface area (TPSA) is 134 Å². The van der Waals surface area contributed by atoms with Crippen LogP contribution in [0.25, 0.3) is 0 Å². The van der Waals surface area contributed by atoms with Gasteiger partial charge in [0.2, 0.25) is 0 Å². The Kier molecular flexibility index (Phi) is 65.8. The molecule has 10 heteroatoms. The van der Waals surface area contributed by atoms with E-state index in [9.17, 15) is 19.0 Å². The standard InChI is InChI=1S/C77H122NO8P/c1-3-5-7-9-11-13-15-17-19-21-23-25-27-29-31-33-35-36-37-38-40-41-43-45-47-49-51-53-55-57-59-61-63-65-67-69-76(79)83-73-75(74-85-87(81,82)84-72-71-78)86-77(80)70-68-66-64-62-60-58-56-54-52-50-48-46-44-42-39-34-32-30-28-26-24-22-20-18-16-14-12-10-8-6-4-2/h5-8,11-14,17-20,23-26,29-32,35-36,38-40,42,46,48,52,54,58,60,75H,3-4,9-10,15-16,21-22,27-28,33-34,37,41,43-45,47,49-51,53,55-57,59,61-74,78H2,1-2H3,(H,81,82)/b7-5-,8-6-,13-11-,14-12-,19-17-,20-18-,25-23-,26-24-,31-29-,32-30-,36-35-,40-38-,42-39-,48-46-,54-52-,60-58-. The quantitative estimate of drug-likeness (QED) is 0.0264. The highest BCUT2D eigenvalue weighted by Gasteiger charge is 2.26. The fourth-order valence-electron chi connectivity index (χ4n) is 8.55. The molecule has 9 nitrogen and oxygen atoms in total. The summed E-state index contributed by atoms with van der Waals surface area (Å²) in [6, 6.07) is 0. The summed E-state index contributed by atoms with van der Waals surface area (Å²) in [5.41, 5.74) is 5.39. The van der Waals surface area contributed by atoms with Crippen molar-refractivity contribution in [2.24, 2.45) is 5.73 Å². The van der Waals surface area contributed by atoms with Gasteiger partial charge in [-0.2, -0.15) is 0 Å². The summed E-state index contributed by atoms with van der Waals surface area (Å²) >= 11 is 0. The van der Waals surface area contributed by atoms with Gasteiger partial charge in [0.25, 0.3) is 0 Å². The number of rotatable bonds is 61. The maximum Gasteiger partial charge on any atom is 0.472 e. The van der Waals surface area contributed by atoms with E-state index >= 15 is 0 Å². The number of carbonyl (C=O) groups is 2. The van der Waals surface area contributed by atoms with Crippen molar-refractivity contribution in [3.05, 3.63) is 194 Å². The Bertz CT molecular complexity index is 2130. The first kappa shape index (κ1) is 81.8. The number of hydrogen-bond donors (Lipinski definition) is 2. The molecule has 0 rings (SSSR count). The molecule has 0 aliphatic rings. The van der Waals surface area contributed by atoms with Gasteiger partial charge >= 0.3 is 19.8 Å². The van der Waals surface area contributed by atoms with Crippen molar-refractivity contribution >= 4 is 19.8 Å². The van der Waals surface area contributed by atoms with Crippen LogP contribution in [0.2, 0.25) is 0 Å². The Morgan fingerprint density at radius 2 is 0.598 bits per heavy atom. The van der Waals surface area contributed by atoms with Gasteiger partial charge in [0.05, 0.1) is 13.2 Å². The van der Waals surface area contributed by atoms with Crippen molar-refractivity contribution in [2.75, 3.05) is 26.4 Å². The molecule has 0 saturated heterocycles. The van der Waals surface area contributed by atoms with E-state index in [1.54, 1.807) is 0 Å². The van der Waals surface area contributed by atoms with Gasteiger partial charge in [0, 0.05) is 19.4 Å². The average molecular weight is 1220 g/mol. The van der Waals surface area contributed by atoms with Gasteiger partial charge in [-0.25, -0.2) is 4.57 Å². The van der Waals surface area contributed by atoms with E-state index in [0.717, 1.165) is 141 Å². The Morgan fingerprint density at radius 1 is 0.345 bits per heavy atom. The fraction of sp³-hybridized carbons (Fsp3) is 0.558. The second-order valence-corrected chi connectivity index (χ2v) is 23.0. The lowest BCUT2D eigenvalue weighted by molar-refractivity contribution is -0.161. The molecule has 87 heavy (non-hydrogen) atoms. The van der Waals surface area contributed by atoms with Crippen molar-refractivity contribution in [1.29, 1.82) is 0 Å². The first-order valence-electron chi connectivity index (χ1n) is 33.9. The summed E-state index contributed by atoms with van der Waals surface area (Å²) in [6.45, 7) is 3.46. The molecule has 0 heterocycles. The van der Waals surface area contributed by atoms with Gasteiger partial charge in [-0.15, -0.1) is 0 Å². The zero-order valence-electron chi connectivity index (χ0n) is 54.7. The lowest BCUT2D eigenvalue weighted by Crippen LogP contribution is -2.29. The van der Waals surface area contributed by atoms with Crippen LogP contribution in [-0.2, 0) is 32.7 Å². The lowest BCUT2D eigenvalue weighted by atomic mass is 10.0. The van der Waals surface area contributed by atoms with E-state index in [2.05, 4.69) is 208 Å². The molecule has 0 aromatic carbocycles. The van der Waals surface area contributed by atoms with Gasteiger partial charge in [0.1, 0.15) is 6.61 Å². The zero-order valence-corrected chi connectivity index (χ0v) is 55.6. The zero-order chi connectivity index (χ0) is 63.0. The molecule has 2 atom stereocenters. The van der Waals surface area contributed by atoms with E-state index in [1.165, 1.54) is 64.2 Å². The number of carbonyl (C=O) groups excluding carboxylic acids is 2. The smallest absolute Gasteiger partial charge is 0.462 e. The normalized spacial score (nSPS) is 14.2. The SMILES string of the molecule is CC/C=C\C/C=C\C/C=C\C/C=C\C/C=C\C/C=C\C/C=C\C/C=C\C/C=C\CCCCCC(=O)OC(COC(=O)CCCCCCCCCCCCCCC/C=C\C/C=C\C/C=C\C/C=C\C/C=C\C/C=C\C/C=C\CC)COP(=O)(O)OCCN. The van der Waals surface area contributed by atoms with Crippen LogP contribution in [0, 0.1) is 0 Å². The van der Waals surface area contributed by atoms with Crippen LogP contribution in [0.4, 0.5) is 0 Å². The summed E-state index contributed by atoms with van der Waals surface area (Å²) in [5, 5.41) is 0. The van der Waals surface area contributed by atoms with Crippen LogP contribution in [0.5, 0.6) is 0 Å². The maximum absolute atomic E-state index is 12.7. The Morgan fingerprint density at radius 3 is 0.897 bits per heavy atom. The van der Waals surface area contributed by atoms with Gasteiger partial charge in [-0.1, -0.05) is 285 Å². The van der Waals surface area contributed by atoms with E-state index in [0.29, 0.717) is 12.8 Å². The van der Waals surface area contributed by atoms with Gasteiger partial charge in [-0.3, -0.25) is 18.6 Å². The summed E-state index contributed by atoms with van der Waals surface area (Å²) in [7, 11) is -4.42. The molecule has 0 aliphatic heterocycles. The maximum atomic E-state index is 12.7. The minimum Gasteiger partial charge on any atom is -0.462 e. The summed E-state index contributed by atoms with van der Waals surface area (Å²) in [6.07, 6.45) is 106. The molecule has 0 aromatic rings. The van der Waals surface area contributed by atoms with E-state index in [-0.39, 0.29) is 32.6 Å². The first-order chi connectivity index (χ1) is 42.8. The van der Waals surface area contributed by atoms with Crippen molar-refractivity contribution in [2.45, 2.75) is 251 Å². The fourth-order valence-corrected chi connectivity index (χ4v) is 9.31. The molecule has 0 fully saturated rings. The molecule has 0 aliphatic carbocycles. The minimum atomic E-state index is -4.42. The van der Waals surface area contributed by atoms with Crippen LogP contribution in [0.15, 0.2) is 194 Å². The number of allylic oxidation sites excluding steroid dienone is 32. The van der Waals surface area contributed by atoms with Crippen LogP contribution >= 0.6 is 7.82 Å². The first-order valence-corrected chi connectivity index (χ1v) is 35.4. The molecule has 0 aromatic heterocycles. The second kappa shape index (κ2) is 69.9. The molecular weight excluding hydrogens is 1100 g/mol. The predicted octanol–water partition coefficient (Wildman–Crippen LogP) is 22.5. The van der Waals surface area contributed by atoms with Crippen LogP contribution in [0.3, 0.4) is 0 Å². The summed E-state index contributed by atoms with van der Waals surface area (Å²) in [5.74, 6) is -0.880. The molecule has 3 N–H and O–H groups in total. The number of phosphoric acid groups is 1. The van der Waals surface area contributed by atoms with Gasteiger partial charge < -0.3 is 20.1 Å². The predicted molar refractivity (Wildman–Crippen MR) is 375 cm³/mol. The minimum absolute atomic E-state index is 0.0373. The highest BCUT2D eigenvalue weighted by atomic mass is 31.2. The number of esters is 2. The van der Waals surface area contributed by atoms with E-state index in [1.807, 2.05) is 0 Å². The molecule has 0 saturated carbocycles. The highest BCUT2D eigenvalue weighted by Crippen LogP contribution is 2.43. The number of unbranched alkanes of at least 4 members (excludes halogenated alkanes) is 16. The van der Waals surface area contributed by atoms with Gasteiger partial charge in [-0.05, 0) is 141 Å². The molecule has 0 spiro atoms. The Labute approximate surface area is 532 Å². The van der Waals surface area contributed by atoms with E-state index in [4.69, 9.17) is 24.3 Å². The average Bonchev–Trinajstić information content (AvgIpc) is 3.66. The van der Waals surface area contributed by atoms with E-state index < -0.39 is 32.5 Å². The summed E-state index contributed by atoms with van der Waals surface area (Å²) in [4.78, 5) is 35.3. The highest BCUT2D eigenvalue weighted by molar-refractivity contribution is 7.47. The second-order valence-electron chi connectivity index (χ2n) is 21.6. The molecule has 0 bridgehead atoms. The van der Waals surface area contributed by atoms with Crippen LogP contribution in [0.1, 0.15) is 245 Å². The van der Waals surface area contributed by atoms with Crippen molar-refractivity contribution in [1.82, 2.24) is 0 Å². The third-order valence-electron chi connectivity index (χ3n) is 13.5. The third-order valence-corrected chi connectivity index (χ3v) is 14.5. The number of phosphoric ester groups is 1. The van der Waals surface area contributed by atoms with Crippen molar-refractivity contribution < 1.29 is 37.6 Å². The molecule has 0 amide bonds. The number of ether oxygens (including phenoxy) is 2. The van der Waals surface area contributed by atoms with Crippen LogP contribution < -0.4 is 5.73 Å². The molecular formula is C77H122NO8P. The third kappa shape index (κ3) is 69.8. The number of hydrogen-bond acceptors (Lipinski definition) is 8. The number of nitrogens with two attached hydrogens (primary N) is 1. The lowest BCUT2D eigenvalue weighted by Gasteiger charge is -2.19. The largest absolute Gasteiger partial charge is 0.472 e. The van der Waals surface area contributed by atoms with Crippen molar-refractivity contribution in [3.8, 4) is 0 Å². The molecule has 488 valence electrons. The molecule has 0 radical (unpaired) electrons. The monoisotopic (exact) mass is 1220 g/mol. The van der Waals surface area contributed by atoms with Gasteiger partial charge in [0.15, 0.2) is 6.10 Å². The molecule has 2 unspecified atom stereocenters. The Hall–Kier alpha value is -5.15.